The Morgan fingerprint density at radius 2 is 1.12 bits per heavy atom. The molecule has 0 heterocycles. The van der Waals surface area contributed by atoms with Crippen molar-refractivity contribution >= 4 is 0 Å². The largest absolute Gasteiger partial charge is 0.0882 e. The fourth-order valence-corrected chi connectivity index (χ4v) is 4.14. The highest BCUT2D eigenvalue weighted by Gasteiger charge is 2.46. The van der Waals surface area contributed by atoms with Crippen LogP contribution in [0, 0.1) is 23.7 Å². The quantitative estimate of drug-likeness (QED) is 0.514. The zero-order valence-electron chi connectivity index (χ0n) is 10.3. The van der Waals surface area contributed by atoms with E-state index >= 15 is 0 Å². The SMILES string of the molecule is C1=C\[C@@H]2[C@H]3/C=C\CCCC[C@@H]3[C@@H]2CCCC/1. The van der Waals surface area contributed by atoms with Crippen LogP contribution in [0.5, 0.6) is 0 Å². The van der Waals surface area contributed by atoms with Crippen molar-refractivity contribution in [1.29, 1.82) is 0 Å². The first-order valence-corrected chi connectivity index (χ1v) is 7.30. The van der Waals surface area contributed by atoms with Crippen LogP contribution in [0.4, 0.5) is 0 Å². The van der Waals surface area contributed by atoms with Crippen molar-refractivity contribution in [2.75, 3.05) is 0 Å². The van der Waals surface area contributed by atoms with E-state index in [-0.39, 0.29) is 0 Å². The van der Waals surface area contributed by atoms with E-state index in [1.165, 1.54) is 51.4 Å². The fraction of sp³-hybridized carbons (Fsp3) is 0.750. The molecule has 0 aliphatic heterocycles. The van der Waals surface area contributed by atoms with Gasteiger partial charge >= 0.3 is 0 Å². The van der Waals surface area contributed by atoms with Crippen molar-refractivity contribution < 1.29 is 0 Å². The van der Waals surface area contributed by atoms with Gasteiger partial charge in [-0.2, -0.15) is 0 Å². The number of hydrogen-bond donors (Lipinski definition) is 0. The van der Waals surface area contributed by atoms with Gasteiger partial charge < -0.3 is 0 Å². The molecule has 0 bridgehead atoms. The second-order valence-electron chi connectivity index (χ2n) is 5.91. The molecule has 0 heteroatoms. The van der Waals surface area contributed by atoms with Gasteiger partial charge in [-0.3, -0.25) is 0 Å². The van der Waals surface area contributed by atoms with Crippen molar-refractivity contribution in [1.82, 2.24) is 0 Å². The monoisotopic (exact) mass is 216 g/mol. The van der Waals surface area contributed by atoms with Gasteiger partial charge in [0.2, 0.25) is 0 Å². The maximum absolute atomic E-state index is 2.55. The smallest absolute Gasteiger partial charge is 0.0137 e. The van der Waals surface area contributed by atoms with Crippen LogP contribution in [0.25, 0.3) is 0 Å². The number of rotatable bonds is 0. The Hall–Kier alpha value is -0.520. The number of hydrogen-bond acceptors (Lipinski definition) is 0. The van der Waals surface area contributed by atoms with E-state index in [1.54, 1.807) is 0 Å². The third kappa shape index (κ3) is 1.87. The van der Waals surface area contributed by atoms with Crippen LogP contribution in [-0.2, 0) is 0 Å². The lowest BCUT2D eigenvalue weighted by atomic mass is 9.53. The first-order chi connectivity index (χ1) is 7.97. The molecular formula is C16H24. The van der Waals surface area contributed by atoms with Gasteiger partial charge in [-0.25, -0.2) is 0 Å². The zero-order valence-corrected chi connectivity index (χ0v) is 10.3. The molecule has 3 aliphatic rings. The lowest BCUT2D eigenvalue weighted by Gasteiger charge is -2.52. The maximum Gasteiger partial charge on any atom is -0.0137 e. The van der Waals surface area contributed by atoms with E-state index in [2.05, 4.69) is 24.3 Å². The third-order valence-electron chi connectivity index (χ3n) is 5.02. The van der Waals surface area contributed by atoms with Crippen molar-refractivity contribution in [2.24, 2.45) is 23.7 Å². The summed E-state index contributed by atoms with van der Waals surface area (Å²) in [5, 5.41) is 0. The van der Waals surface area contributed by atoms with Crippen LogP contribution in [0.15, 0.2) is 24.3 Å². The summed E-state index contributed by atoms with van der Waals surface area (Å²) in [6.07, 6.45) is 21.5. The lowest BCUT2D eigenvalue weighted by molar-refractivity contribution is 0.0227. The van der Waals surface area contributed by atoms with Crippen molar-refractivity contribution in [3.63, 3.8) is 0 Å². The second-order valence-corrected chi connectivity index (χ2v) is 5.91. The van der Waals surface area contributed by atoms with Gasteiger partial charge in [0.1, 0.15) is 0 Å². The molecule has 0 aromatic rings. The molecule has 1 fully saturated rings. The molecule has 0 nitrogen and oxygen atoms in total. The second kappa shape index (κ2) is 4.77. The Kier molecular flexibility index (Phi) is 3.17. The highest BCUT2D eigenvalue weighted by Crippen LogP contribution is 2.53. The third-order valence-corrected chi connectivity index (χ3v) is 5.02. The normalized spacial score (nSPS) is 47.0. The molecule has 0 unspecified atom stereocenters. The van der Waals surface area contributed by atoms with Gasteiger partial charge in [-0.15, -0.1) is 0 Å². The van der Waals surface area contributed by atoms with Gasteiger partial charge in [0.05, 0.1) is 0 Å². The summed E-state index contributed by atoms with van der Waals surface area (Å²) in [5.74, 6) is 3.87. The Balaban J connectivity index is 1.77. The molecular weight excluding hydrogens is 192 g/mol. The van der Waals surface area contributed by atoms with Crippen molar-refractivity contribution in [3.05, 3.63) is 24.3 Å². The molecule has 0 radical (unpaired) electrons. The first kappa shape index (κ1) is 10.6. The lowest BCUT2D eigenvalue weighted by Crippen LogP contribution is -2.45. The Morgan fingerprint density at radius 3 is 1.62 bits per heavy atom. The van der Waals surface area contributed by atoms with Crippen LogP contribution in [0.1, 0.15) is 51.4 Å². The highest BCUT2D eigenvalue weighted by molar-refractivity contribution is 5.13. The van der Waals surface area contributed by atoms with Crippen LogP contribution in [0.3, 0.4) is 0 Å². The molecule has 0 aromatic heterocycles. The van der Waals surface area contributed by atoms with Gasteiger partial charge in [0, 0.05) is 0 Å². The molecule has 0 spiro atoms. The summed E-state index contributed by atoms with van der Waals surface area (Å²) in [6.45, 7) is 0. The predicted octanol–water partition coefficient (Wildman–Crippen LogP) is 4.73. The summed E-state index contributed by atoms with van der Waals surface area (Å²) >= 11 is 0. The molecule has 16 heavy (non-hydrogen) atoms. The Labute approximate surface area is 99.8 Å². The van der Waals surface area contributed by atoms with Crippen LogP contribution < -0.4 is 0 Å². The van der Waals surface area contributed by atoms with E-state index in [9.17, 15) is 0 Å². The van der Waals surface area contributed by atoms with Crippen molar-refractivity contribution in [2.45, 2.75) is 51.4 Å². The van der Waals surface area contributed by atoms with Gasteiger partial charge in [0.15, 0.2) is 0 Å². The van der Waals surface area contributed by atoms with Crippen LogP contribution in [-0.4, -0.2) is 0 Å². The Morgan fingerprint density at radius 1 is 0.625 bits per heavy atom. The minimum atomic E-state index is 0.902. The average molecular weight is 216 g/mol. The summed E-state index contributed by atoms with van der Waals surface area (Å²) < 4.78 is 0. The molecule has 3 aliphatic carbocycles. The highest BCUT2D eigenvalue weighted by atomic mass is 14.5. The van der Waals surface area contributed by atoms with E-state index < -0.39 is 0 Å². The molecule has 3 rings (SSSR count). The molecule has 0 aromatic carbocycles. The molecule has 0 amide bonds. The van der Waals surface area contributed by atoms with Crippen molar-refractivity contribution in [3.8, 4) is 0 Å². The summed E-state index contributed by atoms with van der Waals surface area (Å²) in [6, 6.07) is 0. The number of fused-ring (bicyclic) bond motifs is 4. The van der Waals surface area contributed by atoms with E-state index in [1.807, 2.05) is 0 Å². The standard InChI is InChI=1S/C16H24/c1-2-6-10-14-13(9-5-1)15-11-7-3-4-8-12-16(14)15/h5,7,9,11,13-16H,1-4,6,8,10,12H2/b9-5-,11-7-/t13-,14-,15+,16-/m0/s1. The minimum absolute atomic E-state index is 0.902. The van der Waals surface area contributed by atoms with Gasteiger partial charge in [-0.05, 0) is 62.2 Å². The summed E-state index contributed by atoms with van der Waals surface area (Å²) in [7, 11) is 0. The van der Waals surface area contributed by atoms with Gasteiger partial charge in [-0.1, -0.05) is 37.1 Å². The van der Waals surface area contributed by atoms with Crippen LogP contribution >= 0.6 is 0 Å². The average Bonchev–Trinajstić information content (AvgIpc) is 2.23. The number of allylic oxidation sites excluding steroid dienone is 4. The fourth-order valence-electron chi connectivity index (χ4n) is 4.14. The molecule has 0 saturated heterocycles. The summed E-state index contributed by atoms with van der Waals surface area (Å²) in [4.78, 5) is 0. The van der Waals surface area contributed by atoms with E-state index in [0.717, 1.165) is 23.7 Å². The van der Waals surface area contributed by atoms with E-state index in [4.69, 9.17) is 0 Å². The Bertz CT molecular complexity index is 256. The van der Waals surface area contributed by atoms with Gasteiger partial charge in [0.25, 0.3) is 0 Å². The summed E-state index contributed by atoms with van der Waals surface area (Å²) in [5.41, 5.74) is 0. The minimum Gasteiger partial charge on any atom is -0.0882 e. The predicted molar refractivity (Wildman–Crippen MR) is 69.2 cm³/mol. The topological polar surface area (TPSA) is 0 Å². The zero-order chi connectivity index (χ0) is 10.8. The van der Waals surface area contributed by atoms with E-state index in [0.29, 0.717) is 0 Å². The van der Waals surface area contributed by atoms with Crippen LogP contribution in [0.2, 0.25) is 0 Å². The maximum atomic E-state index is 2.55. The molecule has 4 atom stereocenters. The molecule has 88 valence electrons. The first-order valence-electron chi connectivity index (χ1n) is 7.30. The molecule has 0 N–H and O–H groups in total. The molecule has 1 saturated carbocycles.